The molecule has 0 atom stereocenters. The standard InChI is InChI=1S/C43H25NO2/c1-8-10-12-14-16-18-20-22-23-24-26-28-30-32-34-36-39(35-33-31-29-27-25-21-19-17-15-13-11-9-2)41(45)46-40-37-42(3,4)44(7)43(5,6)38-40/h40H,2,37-38H2,1,3-7H3. The highest BCUT2D eigenvalue weighted by atomic mass is 16.5. The average molecular weight is 588 g/mol. The molecule has 3 nitrogen and oxygen atoms in total. The first-order valence-corrected chi connectivity index (χ1v) is 13.4. The van der Waals surface area contributed by atoms with E-state index in [1.54, 1.807) is 6.92 Å². The quantitative estimate of drug-likeness (QED) is 0.201. The van der Waals surface area contributed by atoms with Crippen molar-refractivity contribution < 1.29 is 9.53 Å². The van der Waals surface area contributed by atoms with Gasteiger partial charge in [0.25, 0.3) is 0 Å². The highest BCUT2D eigenvalue weighted by Gasteiger charge is 2.44. The molecule has 1 fully saturated rings. The highest BCUT2D eigenvalue weighted by Crippen LogP contribution is 2.38. The van der Waals surface area contributed by atoms with Gasteiger partial charge in [0.15, 0.2) is 5.57 Å². The van der Waals surface area contributed by atoms with Crippen LogP contribution in [0, 0.1) is 94.7 Å². The molecule has 46 heavy (non-hydrogen) atoms. The van der Waals surface area contributed by atoms with E-state index in [9.17, 15) is 4.79 Å². The second-order valence-corrected chi connectivity index (χ2v) is 9.80. The summed E-state index contributed by atoms with van der Waals surface area (Å²) in [7, 11) is 2.07. The van der Waals surface area contributed by atoms with Crippen molar-refractivity contribution in [1.82, 2.24) is 4.90 Å². The molecule has 1 aliphatic rings. The Morgan fingerprint density at radius 1 is 0.609 bits per heavy atom. The molecule has 3 heteroatoms. The molecule has 0 N–H and O–H groups in total. The first-order valence-electron chi connectivity index (χ1n) is 13.4. The van der Waals surface area contributed by atoms with Crippen molar-refractivity contribution in [3.05, 3.63) is 86.7 Å². The van der Waals surface area contributed by atoms with Gasteiger partial charge in [0.05, 0.1) is 0 Å². The van der Waals surface area contributed by atoms with Crippen LogP contribution >= 0.6 is 0 Å². The number of nitrogens with zero attached hydrogens (tertiary/aromatic N) is 1. The lowest BCUT2D eigenvalue weighted by molar-refractivity contribution is -0.153. The number of hydrogen-bond donors (Lipinski definition) is 0. The largest absolute Gasteiger partial charge is 0.458 e. The number of carbonyl (C=O) groups is 1. The Balaban J connectivity index is 3.37. The number of esters is 1. The van der Waals surface area contributed by atoms with Gasteiger partial charge in [-0.3, -0.25) is 4.90 Å². The highest BCUT2D eigenvalue weighted by molar-refractivity contribution is 5.93. The van der Waals surface area contributed by atoms with E-state index in [1.165, 1.54) is 0 Å². The normalized spacial score (nSPS) is 11.5. The zero-order chi connectivity index (χ0) is 33.9. The topological polar surface area (TPSA) is 29.5 Å². The van der Waals surface area contributed by atoms with E-state index in [4.69, 9.17) is 4.74 Å². The minimum atomic E-state index is -0.652. The summed E-state index contributed by atoms with van der Waals surface area (Å²) in [5.41, 5.74) is 32.3. The lowest BCUT2D eigenvalue weighted by Crippen LogP contribution is -2.60. The van der Waals surface area contributed by atoms with Crippen molar-refractivity contribution in [2.75, 3.05) is 7.05 Å². The maximum atomic E-state index is 13.1. The molecule has 0 spiro atoms. The minimum absolute atomic E-state index is 0.0883. The fraction of sp³-hybridized carbons (Fsp3) is 0.256. The Morgan fingerprint density at radius 3 is 1.39 bits per heavy atom. The van der Waals surface area contributed by atoms with E-state index >= 15 is 0 Å². The van der Waals surface area contributed by atoms with Crippen LogP contribution in [0.3, 0.4) is 0 Å². The summed E-state index contributed by atoms with van der Waals surface area (Å²) in [5.74, 6) is 40.1. The third-order valence-corrected chi connectivity index (χ3v) is 5.77. The Kier molecular flexibility index (Phi) is 17.2. The Hall–Kier alpha value is -7.21. The fourth-order valence-electron chi connectivity index (χ4n) is 3.66. The van der Waals surface area contributed by atoms with Crippen molar-refractivity contribution >= 4 is 5.97 Å². The van der Waals surface area contributed by atoms with Gasteiger partial charge in [-0.2, -0.15) is 0 Å². The van der Waals surface area contributed by atoms with E-state index in [0.717, 1.165) is 0 Å². The van der Waals surface area contributed by atoms with Crippen LogP contribution in [0.5, 0.6) is 0 Å². The van der Waals surface area contributed by atoms with Crippen LogP contribution in [-0.4, -0.2) is 35.1 Å². The lowest BCUT2D eigenvalue weighted by atomic mass is 9.79. The summed E-state index contributed by atoms with van der Waals surface area (Å²) in [5, 5.41) is 0. The van der Waals surface area contributed by atoms with Gasteiger partial charge in [-0.05, 0) is 206 Å². The number of piperidine rings is 1. The third kappa shape index (κ3) is 16.3. The molecule has 0 radical (unpaired) electrons. The molecule has 1 saturated heterocycles. The monoisotopic (exact) mass is 587 g/mol. The van der Waals surface area contributed by atoms with E-state index in [0.29, 0.717) is 12.8 Å². The van der Waals surface area contributed by atoms with Crippen molar-refractivity contribution in [3.8, 4) is 94.7 Å². The molecular formula is C43H25NO2. The van der Waals surface area contributed by atoms with Gasteiger partial charge in [-0.25, -0.2) is 4.79 Å². The van der Waals surface area contributed by atoms with Crippen molar-refractivity contribution in [2.24, 2.45) is 0 Å². The SMILES string of the molecule is C=C=C=C=C=C=C=C=C=C=C=C=C=C=C(C#CC#CC#CC#CC#CC#CC#CC#CC)C(=O)OC1CC(C)(C)N(C)C(C)(C)C1. The van der Waals surface area contributed by atoms with E-state index < -0.39 is 5.97 Å². The number of hydrogen-bond acceptors (Lipinski definition) is 3. The van der Waals surface area contributed by atoms with E-state index in [2.05, 4.69) is 215 Å². The first-order chi connectivity index (χ1) is 22.1. The maximum Gasteiger partial charge on any atom is 0.355 e. The van der Waals surface area contributed by atoms with Crippen LogP contribution in [0.1, 0.15) is 47.5 Å². The molecule has 0 aromatic heterocycles. The van der Waals surface area contributed by atoms with Gasteiger partial charge in [-0.15, -0.1) is 0 Å². The first kappa shape index (κ1) is 36.8. The predicted octanol–water partition coefficient (Wildman–Crippen LogP) is 4.80. The summed E-state index contributed by atoms with van der Waals surface area (Å²) in [4.78, 5) is 15.4. The Morgan fingerprint density at radius 2 is 0.978 bits per heavy atom. The molecule has 0 saturated carbocycles. The van der Waals surface area contributed by atoms with Crippen LogP contribution in [0.2, 0.25) is 0 Å². The van der Waals surface area contributed by atoms with Gasteiger partial charge in [-0.1, -0.05) is 11.7 Å². The van der Waals surface area contributed by atoms with Gasteiger partial charge in [0.2, 0.25) is 0 Å². The number of likely N-dealkylation sites (tertiary alicyclic amines) is 1. The smallest absolute Gasteiger partial charge is 0.355 e. The number of carbonyl (C=O) groups excluding carboxylic acids is 1. The minimum Gasteiger partial charge on any atom is -0.458 e. The van der Waals surface area contributed by atoms with Gasteiger partial charge < -0.3 is 4.74 Å². The molecule has 1 aliphatic heterocycles. The molecule has 0 unspecified atom stereocenters. The summed E-state index contributed by atoms with van der Waals surface area (Å²) < 4.78 is 5.84. The number of ether oxygens (including phenoxy) is 1. The molecule has 214 valence electrons. The van der Waals surface area contributed by atoms with E-state index in [-0.39, 0.29) is 22.8 Å². The second-order valence-electron chi connectivity index (χ2n) is 9.80. The summed E-state index contributed by atoms with van der Waals surface area (Å²) >= 11 is 0. The third-order valence-electron chi connectivity index (χ3n) is 5.77. The molecule has 1 heterocycles. The van der Waals surface area contributed by atoms with Crippen LogP contribution < -0.4 is 0 Å². The molecule has 1 rings (SSSR count). The molecule has 0 aromatic carbocycles. The predicted molar refractivity (Wildman–Crippen MR) is 178 cm³/mol. The second kappa shape index (κ2) is 21.5. The van der Waals surface area contributed by atoms with Crippen molar-refractivity contribution in [3.63, 3.8) is 0 Å². The molecule has 0 aromatic rings. The van der Waals surface area contributed by atoms with Gasteiger partial charge in [0, 0.05) is 23.9 Å². The van der Waals surface area contributed by atoms with Gasteiger partial charge in [0.1, 0.15) is 6.10 Å². The maximum absolute atomic E-state index is 13.1. The Bertz CT molecular complexity index is 2290. The fourth-order valence-corrected chi connectivity index (χ4v) is 3.66. The van der Waals surface area contributed by atoms with Crippen molar-refractivity contribution in [1.29, 1.82) is 0 Å². The molecular weight excluding hydrogens is 562 g/mol. The van der Waals surface area contributed by atoms with Gasteiger partial charge >= 0.3 is 5.97 Å². The Labute approximate surface area is 272 Å². The average Bonchev–Trinajstić information content (AvgIpc) is 3.00. The van der Waals surface area contributed by atoms with Crippen LogP contribution in [0.4, 0.5) is 0 Å². The van der Waals surface area contributed by atoms with Crippen LogP contribution in [0.25, 0.3) is 0 Å². The number of rotatable bonds is 2. The van der Waals surface area contributed by atoms with Crippen LogP contribution in [-0.2, 0) is 9.53 Å². The lowest BCUT2D eigenvalue weighted by Gasteiger charge is -2.53. The zero-order valence-electron chi connectivity index (χ0n) is 26.5. The molecule has 0 bridgehead atoms. The molecule has 0 aliphatic carbocycles. The summed E-state index contributed by atoms with van der Waals surface area (Å²) in [6.45, 7) is 13.5. The zero-order valence-corrected chi connectivity index (χ0v) is 26.5. The summed E-state index contributed by atoms with van der Waals surface area (Å²) in [6.07, 6.45) is 0.991. The summed E-state index contributed by atoms with van der Waals surface area (Å²) in [6, 6.07) is 0. The van der Waals surface area contributed by atoms with Crippen molar-refractivity contribution in [2.45, 2.75) is 64.6 Å². The van der Waals surface area contributed by atoms with Crippen LogP contribution in [0.15, 0.2) is 86.7 Å². The van der Waals surface area contributed by atoms with E-state index in [1.807, 2.05) is 0 Å². The molecule has 0 amide bonds.